The number of H-pyrrole nitrogens is 1. The second-order valence-corrected chi connectivity index (χ2v) is 8.18. The molecule has 2 heterocycles. The van der Waals surface area contributed by atoms with Gasteiger partial charge in [-0.2, -0.15) is 0 Å². The second kappa shape index (κ2) is 6.08. The highest BCUT2D eigenvalue weighted by molar-refractivity contribution is 5.97. The molecule has 0 saturated heterocycles. The van der Waals surface area contributed by atoms with Crippen molar-refractivity contribution in [1.82, 2.24) is 14.5 Å². The molecule has 0 atom stereocenters. The lowest BCUT2D eigenvalue weighted by Gasteiger charge is -2.12. The third-order valence-corrected chi connectivity index (χ3v) is 5.98. The summed E-state index contributed by atoms with van der Waals surface area (Å²) in [6, 6.07) is 17.3. The number of rotatable bonds is 4. The van der Waals surface area contributed by atoms with Crippen LogP contribution < -0.4 is 5.56 Å². The molecule has 0 amide bonds. The maximum atomic E-state index is 13.3. The fraction of sp³-hybridized carbons (Fsp3) is 0.250. The van der Waals surface area contributed by atoms with Crippen molar-refractivity contribution < 1.29 is 5.11 Å². The number of aromatic hydroxyl groups is 1. The molecule has 2 aromatic heterocycles. The zero-order valence-electron chi connectivity index (χ0n) is 15.9. The van der Waals surface area contributed by atoms with Gasteiger partial charge in [-0.25, -0.2) is 4.98 Å². The van der Waals surface area contributed by atoms with Crippen molar-refractivity contribution in [3.8, 4) is 22.6 Å². The molecule has 0 aliphatic heterocycles. The van der Waals surface area contributed by atoms with Crippen LogP contribution >= 0.6 is 0 Å². The first-order valence-corrected chi connectivity index (χ1v) is 10.2. The van der Waals surface area contributed by atoms with Crippen LogP contribution in [0.4, 0.5) is 0 Å². The van der Waals surface area contributed by atoms with Crippen LogP contribution in [-0.4, -0.2) is 19.6 Å². The quantitative estimate of drug-likeness (QED) is 0.530. The van der Waals surface area contributed by atoms with Crippen LogP contribution in [0.1, 0.15) is 49.0 Å². The molecule has 2 saturated carbocycles. The molecule has 2 aromatic carbocycles. The summed E-state index contributed by atoms with van der Waals surface area (Å²) in [6.07, 6.45) is 4.39. The van der Waals surface area contributed by atoms with Crippen molar-refractivity contribution in [1.29, 1.82) is 0 Å². The van der Waals surface area contributed by atoms with Gasteiger partial charge in [0, 0.05) is 28.8 Å². The highest BCUT2D eigenvalue weighted by Crippen LogP contribution is 2.49. The Labute approximate surface area is 167 Å². The van der Waals surface area contributed by atoms with Gasteiger partial charge in [0.05, 0.1) is 5.39 Å². The summed E-state index contributed by atoms with van der Waals surface area (Å²) in [7, 11) is 0. The number of phenols is 1. The Morgan fingerprint density at radius 3 is 2.28 bits per heavy atom. The number of fused-ring (bicyclic) bond motifs is 1. The van der Waals surface area contributed by atoms with Crippen molar-refractivity contribution in [3.05, 3.63) is 76.5 Å². The van der Waals surface area contributed by atoms with E-state index in [1.807, 2.05) is 30.3 Å². The van der Waals surface area contributed by atoms with E-state index in [4.69, 9.17) is 4.98 Å². The average molecular weight is 383 g/mol. The van der Waals surface area contributed by atoms with Gasteiger partial charge in [0.2, 0.25) is 0 Å². The van der Waals surface area contributed by atoms with Crippen LogP contribution in [0.25, 0.3) is 27.8 Å². The van der Waals surface area contributed by atoms with Gasteiger partial charge < -0.3 is 10.1 Å². The third kappa shape index (κ3) is 2.69. The minimum Gasteiger partial charge on any atom is -0.508 e. The molecule has 4 aromatic rings. The van der Waals surface area contributed by atoms with Gasteiger partial charge in [0.25, 0.3) is 5.56 Å². The lowest BCUT2D eigenvalue weighted by atomic mass is 10.0. The number of benzene rings is 2. The first kappa shape index (κ1) is 16.6. The molecule has 0 unspecified atom stereocenters. The number of phenolic OH excluding ortho intramolecular Hbond substituents is 1. The zero-order chi connectivity index (χ0) is 19.5. The zero-order valence-corrected chi connectivity index (χ0v) is 15.9. The normalized spacial score (nSPS) is 16.4. The second-order valence-electron chi connectivity index (χ2n) is 8.18. The van der Waals surface area contributed by atoms with E-state index in [0.29, 0.717) is 17.2 Å². The van der Waals surface area contributed by atoms with Crippen molar-refractivity contribution in [2.75, 3.05) is 0 Å². The monoisotopic (exact) mass is 383 g/mol. The molecule has 5 nitrogen and oxygen atoms in total. The van der Waals surface area contributed by atoms with Crippen molar-refractivity contribution in [2.24, 2.45) is 0 Å². The maximum Gasteiger partial charge on any atom is 0.261 e. The number of nitrogens with one attached hydrogen (secondary N) is 1. The summed E-state index contributed by atoms with van der Waals surface area (Å²) in [5, 5.41) is 10.4. The molecule has 144 valence electrons. The van der Waals surface area contributed by atoms with E-state index in [9.17, 15) is 9.90 Å². The highest BCUT2D eigenvalue weighted by atomic mass is 16.3. The summed E-state index contributed by atoms with van der Waals surface area (Å²) in [6.45, 7) is 0. The maximum absolute atomic E-state index is 13.3. The molecule has 0 radical (unpaired) electrons. The topological polar surface area (TPSA) is 70.9 Å². The highest BCUT2D eigenvalue weighted by Gasteiger charge is 2.35. The lowest BCUT2D eigenvalue weighted by molar-refractivity contribution is 0.475. The standard InChI is InChI=1S/C24H21N3O2/c28-18-12-10-14(11-13-18)19-20-23(25-22(16-8-9-16)26-24(20)29)27(21(19)15-6-7-15)17-4-2-1-3-5-17/h1-5,10-13,15-16,28H,6-9H2,(H,25,26,29). The smallest absolute Gasteiger partial charge is 0.261 e. The van der Waals surface area contributed by atoms with Crippen LogP contribution in [0.3, 0.4) is 0 Å². The molecule has 2 aliphatic rings. The minimum atomic E-state index is -0.0726. The number of aromatic nitrogens is 3. The van der Waals surface area contributed by atoms with Crippen LogP contribution in [0.5, 0.6) is 5.75 Å². The molecular formula is C24H21N3O2. The Bertz CT molecular complexity index is 1280. The molecule has 0 bridgehead atoms. The number of aromatic amines is 1. The molecule has 2 N–H and O–H groups in total. The number of hydrogen-bond acceptors (Lipinski definition) is 3. The first-order valence-electron chi connectivity index (χ1n) is 10.2. The van der Waals surface area contributed by atoms with Crippen molar-refractivity contribution in [3.63, 3.8) is 0 Å². The average Bonchev–Trinajstić information content (AvgIpc) is 3.65. The SMILES string of the molecule is O=c1[nH]c(C2CC2)nc2c1c(-c1ccc(O)cc1)c(C1CC1)n2-c1ccccc1. The summed E-state index contributed by atoms with van der Waals surface area (Å²) in [5.74, 6) is 1.80. The van der Waals surface area contributed by atoms with Gasteiger partial charge in [-0.15, -0.1) is 0 Å². The summed E-state index contributed by atoms with van der Waals surface area (Å²) in [4.78, 5) is 21.3. The molecule has 2 fully saturated rings. The Hall–Kier alpha value is -3.34. The summed E-state index contributed by atoms with van der Waals surface area (Å²) < 4.78 is 2.19. The largest absolute Gasteiger partial charge is 0.508 e. The van der Waals surface area contributed by atoms with Gasteiger partial charge >= 0.3 is 0 Å². The van der Waals surface area contributed by atoms with E-state index in [1.54, 1.807) is 12.1 Å². The molecule has 0 spiro atoms. The molecule has 6 rings (SSSR count). The van der Waals surface area contributed by atoms with Gasteiger partial charge in [0.15, 0.2) is 5.65 Å². The van der Waals surface area contributed by atoms with Crippen LogP contribution in [-0.2, 0) is 0 Å². The summed E-state index contributed by atoms with van der Waals surface area (Å²) >= 11 is 0. The lowest BCUT2D eigenvalue weighted by Crippen LogP contribution is -2.12. The molecular weight excluding hydrogens is 362 g/mol. The third-order valence-electron chi connectivity index (χ3n) is 5.98. The fourth-order valence-electron chi connectivity index (χ4n) is 4.27. The van der Waals surface area contributed by atoms with E-state index in [-0.39, 0.29) is 11.3 Å². The van der Waals surface area contributed by atoms with Crippen LogP contribution in [0.2, 0.25) is 0 Å². The predicted octanol–water partition coefficient (Wildman–Crippen LogP) is 4.84. The number of nitrogens with zero attached hydrogens (tertiary/aromatic N) is 2. The van der Waals surface area contributed by atoms with Gasteiger partial charge in [-0.05, 0) is 55.5 Å². The Morgan fingerprint density at radius 2 is 1.62 bits per heavy atom. The first-order chi connectivity index (χ1) is 14.2. The van der Waals surface area contributed by atoms with Gasteiger partial charge in [0.1, 0.15) is 11.6 Å². The van der Waals surface area contributed by atoms with Crippen LogP contribution in [0.15, 0.2) is 59.4 Å². The number of hydrogen-bond donors (Lipinski definition) is 2. The summed E-state index contributed by atoms with van der Waals surface area (Å²) in [5.41, 5.74) is 4.74. The van der Waals surface area contributed by atoms with E-state index in [2.05, 4.69) is 21.7 Å². The van der Waals surface area contributed by atoms with Crippen molar-refractivity contribution >= 4 is 11.0 Å². The Balaban J connectivity index is 1.75. The molecule has 29 heavy (non-hydrogen) atoms. The van der Waals surface area contributed by atoms with Gasteiger partial charge in [-0.1, -0.05) is 30.3 Å². The van der Waals surface area contributed by atoms with Crippen LogP contribution in [0, 0.1) is 0 Å². The van der Waals surface area contributed by atoms with Crippen molar-refractivity contribution in [2.45, 2.75) is 37.5 Å². The minimum absolute atomic E-state index is 0.0726. The Morgan fingerprint density at radius 1 is 0.931 bits per heavy atom. The van der Waals surface area contributed by atoms with E-state index in [0.717, 1.165) is 59.7 Å². The molecule has 2 aliphatic carbocycles. The molecule has 5 heteroatoms. The number of para-hydroxylation sites is 1. The Kier molecular flexibility index (Phi) is 3.48. The predicted molar refractivity (Wildman–Crippen MR) is 113 cm³/mol. The fourth-order valence-corrected chi connectivity index (χ4v) is 4.27. The van der Waals surface area contributed by atoms with E-state index >= 15 is 0 Å². The van der Waals surface area contributed by atoms with Gasteiger partial charge in [-0.3, -0.25) is 9.36 Å². The van der Waals surface area contributed by atoms with E-state index < -0.39 is 0 Å². The van der Waals surface area contributed by atoms with E-state index in [1.165, 1.54) is 0 Å².